The van der Waals surface area contributed by atoms with Crippen LogP contribution in [0.4, 0.5) is 0 Å². The number of hydrogen-bond acceptors (Lipinski definition) is 4. The van der Waals surface area contributed by atoms with Crippen molar-refractivity contribution in [3.8, 4) is 11.5 Å². The topological polar surface area (TPSA) is 55.8 Å². The molecule has 2 aromatic carbocycles. The lowest BCUT2D eigenvalue weighted by atomic mass is 9.85. The highest BCUT2D eigenvalue weighted by atomic mass is 32.2. The lowest BCUT2D eigenvalue weighted by Gasteiger charge is -2.26. The van der Waals surface area contributed by atoms with E-state index in [-0.39, 0.29) is 18.8 Å². The molecule has 146 valence electrons. The zero-order valence-electron chi connectivity index (χ0n) is 15.8. The monoisotopic (exact) mass is 397 g/mol. The summed E-state index contributed by atoms with van der Waals surface area (Å²) >= 11 is 0. The lowest BCUT2D eigenvalue weighted by molar-refractivity contribution is 0.174. The van der Waals surface area contributed by atoms with Crippen LogP contribution in [-0.2, 0) is 10.0 Å². The third-order valence-corrected chi connectivity index (χ3v) is 7.87. The molecule has 3 aliphatic rings. The van der Waals surface area contributed by atoms with Gasteiger partial charge in [-0.1, -0.05) is 29.8 Å². The average molecular weight is 397 g/mol. The van der Waals surface area contributed by atoms with Gasteiger partial charge in [0.2, 0.25) is 16.8 Å². The van der Waals surface area contributed by atoms with Crippen LogP contribution in [0.1, 0.15) is 36.3 Å². The van der Waals surface area contributed by atoms with Gasteiger partial charge >= 0.3 is 0 Å². The Balaban J connectivity index is 1.53. The van der Waals surface area contributed by atoms with Gasteiger partial charge in [-0.3, -0.25) is 0 Å². The van der Waals surface area contributed by atoms with Crippen LogP contribution < -0.4 is 9.47 Å². The molecule has 28 heavy (non-hydrogen) atoms. The van der Waals surface area contributed by atoms with E-state index >= 15 is 0 Å². The second-order valence-electron chi connectivity index (χ2n) is 7.70. The molecule has 0 saturated carbocycles. The number of hydrogen-bond donors (Lipinski definition) is 0. The minimum absolute atomic E-state index is 0.0556. The van der Waals surface area contributed by atoms with Crippen molar-refractivity contribution in [1.29, 1.82) is 0 Å². The second-order valence-corrected chi connectivity index (χ2v) is 9.59. The predicted molar refractivity (Wildman–Crippen MR) is 106 cm³/mol. The number of ether oxygens (including phenoxy) is 2. The minimum atomic E-state index is -3.54. The van der Waals surface area contributed by atoms with E-state index in [1.807, 2.05) is 37.3 Å². The number of benzene rings is 2. The Bertz CT molecular complexity index is 1040. The van der Waals surface area contributed by atoms with Gasteiger partial charge in [-0.15, -0.1) is 0 Å². The quantitative estimate of drug-likeness (QED) is 0.735. The fourth-order valence-corrected chi connectivity index (χ4v) is 6.18. The van der Waals surface area contributed by atoms with Crippen LogP contribution in [0.5, 0.6) is 11.5 Å². The fraction of sp³-hybridized carbons (Fsp3) is 0.364. The summed E-state index contributed by atoms with van der Waals surface area (Å²) < 4.78 is 39.5. The molecule has 0 spiro atoms. The summed E-state index contributed by atoms with van der Waals surface area (Å²) in [6.45, 7) is 2.67. The van der Waals surface area contributed by atoms with Gasteiger partial charge in [0.15, 0.2) is 11.5 Å². The Morgan fingerprint density at radius 1 is 1.04 bits per heavy atom. The van der Waals surface area contributed by atoms with Gasteiger partial charge in [0.25, 0.3) is 0 Å². The number of nitrogens with zero attached hydrogens (tertiary/aromatic N) is 1. The molecule has 2 aliphatic heterocycles. The van der Waals surface area contributed by atoms with Crippen LogP contribution in [0.2, 0.25) is 0 Å². The van der Waals surface area contributed by atoms with Gasteiger partial charge in [0, 0.05) is 18.5 Å². The van der Waals surface area contributed by atoms with Gasteiger partial charge < -0.3 is 9.47 Å². The molecule has 1 aliphatic carbocycles. The Labute approximate surface area is 165 Å². The second kappa shape index (κ2) is 6.64. The average Bonchev–Trinajstić information content (AvgIpc) is 3.32. The number of aryl methyl sites for hydroxylation is 1. The number of allylic oxidation sites excluding steroid dienone is 1. The Morgan fingerprint density at radius 2 is 1.82 bits per heavy atom. The first-order valence-corrected chi connectivity index (χ1v) is 11.2. The van der Waals surface area contributed by atoms with Gasteiger partial charge in [-0.2, -0.15) is 4.31 Å². The molecule has 6 heteroatoms. The third-order valence-electron chi connectivity index (χ3n) is 5.99. The van der Waals surface area contributed by atoms with Crippen LogP contribution in [-0.4, -0.2) is 32.1 Å². The molecule has 1 fully saturated rings. The normalized spacial score (nSPS) is 24.1. The van der Waals surface area contributed by atoms with Crippen molar-refractivity contribution in [3.63, 3.8) is 0 Å². The molecule has 0 N–H and O–H groups in total. The summed E-state index contributed by atoms with van der Waals surface area (Å²) in [6, 6.07) is 13.0. The van der Waals surface area contributed by atoms with Crippen molar-refractivity contribution in [1.82, 2.24) is 4.31 Å². The summed E-state index contributed by atoms with van der Waals surface area (Å²) in [7, 11) is -3.54. The molecule has 2 aromatic rings. The van der Waals surface area contributed by atoms with E-state index in [0.717, 1.165) is 41.9 Å². The lowest BCUT2D eigenvalue weighted by Crippen LogP contribution is -2.36. The molecule has 5 nitrogen and oxygen atoms in total. The maximum absolute atomic E-state index is 13.4. The van der Waals surface area contributed by atoms with Crippen LogP contribution in [0, 0.1) is 6.92 Å². The number of fused-ring (bicyclic) bond motifs is 2. The van der Waals surface area contributed by atoms with E-state index in [2.05, 4.69) is 6.08 Å². The van der Waals surface area contributed by atoms with Crippen molar-refractivity contribution >= 4 is 10.0 Å². The van der Waals surface area contributed by atoms with E-state index in [1.54, 1.807) is 16.4 Å². The van der Waals surface area contributed by atoms with E-state index < -0.39 is 10.0 Å². The first-order valence-electron chi connectivity index (χ1n) is 9.72. The zero-order chi connectivity index (χ0) is 19.3. The highest BCUT2D eigenvalue weighted by molar-refractivity contribution is 7.89. The minimum Gasteiger partial charge on any atom is -0.454 e. The molecule has 2 heterocycles. The van der Waals surface area contributed by atoms with Crippen molar-refractivity contribution in [2.24, 2.45) is 0 Å². The molecular formula is C22H23NO4S. The molecular weight excluding hydrogens is 374 g/mol. The van der Waals surface area contributed by atoms with Crippen LogP contribution in [0.3, 0.4) is 0 Å². The maximum atomic E-state index is 13.4. The number of sulfonamides is 1. The van der Waals surface area contributed by atoms with Gasteiger partial charge in [0.05, 0.1) is 4.90 Å². The summed E-state index contributed by atoms with van der Waals surface area (Å²) in [6.07, 6.45) is 5.14. The highest BCUT2D eigenvalue weighted by Gasteiger charge is 2.44. The molecule has 0 aromatic heterocycles. The Kier molecular flexibility index (Phi) is 4.21. The van der Waals surface area contributed by atoms with Crippen LogP contribution in [0.25, 0.3) is 0 Å². The number of rotatable bonds is 3. The van der Waals surface area contributed by atoms with Gasteiger partial charge in [-0.25, -0.2) is 8.42 Å². The van der Waals surface area contributed by atoms with E-state index in [4.69, 9.17) is 9.47 Å². The molecule has 5 rings (SSSR count). The van der Waals surface area contributed by atoms with E-state index in [9.17, 15) is 8.42 Å². The molecule has 0 radical (unpaired) electrons. The van der Waals surface area contributed by atoms with Crippen LogP contribution in [0.15, 0.2) is 59.0 Å². The van der Waals surface area contributed by atoms with Crippen molar-refractivity contribution in [2.45, 2.75) is 43.0 Å². The summed E-state index contributed by atoms with van der Waals surface area (Å²) in [5.74, 6) is 1.55. The summed E-state index contributed by atoms with van der Waals surface area (Å²) in [5, 5.41) is 0. The molecule has 2 atom stereocenters. The molecule has 0 bridgehead atoms. The molecule has 1 saturated heterocycles. The zero-order valence-corrected chi connectivity index (χ0v) is 16.6. The third kappa shape index (κ3) is 2.83. The van der Waals surface area contributed by atoms with Gasteiger partial charge in [-0.05, 0) is 61.6 Å². The SMILES string of the molecule is Cc1ccc(S(=O)(=O)N2C[C@@H](c3ccc4c(c3)OCO4)C3=CCCC[C@@H]32)cc1. The first kappa shape index (κ1) is 17.8. The van der Waals surface area contributed by atoms with Crippen molar-refractivity contribution < 1.29 is 17.9 Å². The summed E-state index contributed by atoms with van der Waals surface area (Å²) in [4.78, 5) is 0.370. The Morgan fingerprint density at radius 3 is 2.64 bits per heavy atom. The van der Waals surface area contributed by atoms with Crippen molar-refractivity contribution in [3.05, 3.63) is 65.2 Å². The smallest absolute Gasteiger partial charge is 0.243 e. The molecule has 0 unspecified atom stereocenters. The van der Waals surface area contributed by atoms with Gasteiger partial charge in [0.1, 0.15) is 0 Å². The predicted octanol–water partition coefficient (Wildman–Crippen LogP) is 3.99. The first-order chi connectivity index (χ1) is 13.5. The largest absolute Gasteiger partial charge is 0.454 e. The Hall–Kier alpha value is -2.31. The highest BCUT2D eigenvalue weighted by Crippen LogP contribution is 2.45. The standard InChI is InChI=1S/C22H23NO4S/c1-15-6-9-17(10-7-15)28(24,25)23-13-19(18-4-2-3-5-20(18)23)16-8-11-21-22(12-16)27-14-26-21/h4,6-12,19-20H,2-3,5,13-14H2,1H3/t19-,20-/m0/s1. The van der Waals surface area contributed by atoms with E-state index in [0.29, 0.717) is 11.4 Å². The summed E-state index contributed by atoms with van der Waals surface area (Å²) in [5.41, 5.74) is 3.36. The van der Waals surface area contributed by atoms with Crippen molar-refractivity contribution in [2.75, 3.05) is 13.3 Å². The van der Waals surface area contributed by atoms with E-state index in [1.165, 1.54) is 5.57 Å². The van der Waals surface area contributed by atoms with Crippen LogP contribution >= 0.6 is 0 Å². The molecule has 0 amide bonds. The fourth-order valence-electron chi connectivity index (χ4n) is 4.52. The maximum Gasteiger partial charge on any atom is 0.243 e.